The summed E-state index contributed by atoms with van der Waals surface area (Å²) in [6.45, 7) is 6.27. The van der Waals surface area contributed by atoms with E-state index in [2.05, 4.69) is 0 Å². The molecule has 0 aliphatic heterocycles. The number of ether oxygens (including phenoxy) is 2. The molecule has 0 fully saturated rings. The molecule has 6 nitrogen and oxygen atoms in total. The van der Waals surface area contributed by atoms with Crippen LogP contribution in [0.3, 0.4) is 0 Å². The van der Waals surface area contributed by atoms with Gasteiger partial charge in [-0.1, -0.05) is 6.07 Å². The normalized spacial score (nSPS) is 13.8. The summed E-state index contributed by atoms with van der Waals surface area (Å²) in [5, 5.41) is 20.1. The van der Waals surface area contributed by atoms with Crippen LogP contribution in [0.5, 0.6) is 11.5 Å². The summed E-state index contributed by atoms with van der Waals surface area (Å²) in [7, 11) is 1.37. The smallest absolute Gasteiger partial charge is 0.416 e. The zero-order valence-electron chi connectivity index (χ0n) is 28.6. The van der Waals surface area contributed by atoms with Crippen LogP contribution in [-0.2, 0) is 29.9 Å². The molecule has 0 saturated heterocycles. The Kier molecular flexibility index (Phi) is 13.5. The van der Waals surface area contributed by atoms with Gasteiger partial charge in [-0.2, -0.15) is 39.5 Å². The summed E-state index contributed by atoms with van der Waals surface area (Å²) < 4.78 is 135. The third-order valence-electron chi connectivity index (χ3n) is 8.46. The Hall–Kier alpha value is -3.98. The first-order valence-corrected chi connectivity index (χ1v) is 16.0. The number of methoxy groups -OCH3 is 1. The molecule has 2 atom stereocenters. The number of aliphatic hydroxyl groups excluding tert-OH is 1. The summed E-state index contributed by atoms with van der Waals surface area (Å²) >= 11 is 0. The van der Waals surface area contributed by atoms with E-state index in [0.717, 1.165) is 12.1 Å². The number of unbranched alkanes of at least 4 members (excludes halogenated alkanes) is 2. The van der Waals surface area contributed by atoms with Crippen LogP contribution in [0.1, 0.15) is 85.9 Å². The summed E-state index contributed by atoms with van der Waals surface area (Å²) in [6.07, 6.45) is -15.4. The molecule has 0 unspecified atom stereocenters. The lowest BCUT2D eigenvalue weighted by molar-refractivity contribution is -0.143. The van der Waals surface area contributed by atoms with Crippen molar-refractivity contribution in [2.24, 2.45) is 0 Å². The van der Waals surface area contributed by atoms with Gasteiger partial charge in [0.1, 0.15) is 11.5 Å². The van der Waals surface area contributed by atoms with E-state index < -0.39 is 64.9 Å². The number of benzene rings is 3. The van der Waals surface area contributed by atoms with Crippen molar-refractivity contribution in [2.45, 2.75) is 96.6 Å². The molecular weight excluding hydrogens is 697 g/mol. The number of aryl methyl sites for hydroxylation is 1. The van der Waals surface area contributed by atoms with Gasteiger partial charge in [-0.25, -0.2) is 0 Å². The second-order valence-corrected chi connectivity index (χ2v) is 12.5. The zero-order valence-corrected chi connectivity index (χ0v) is 28.6. The highest BCUT2D eigenvalue weighted by atomic mass is 19.4. The van der Waals surface area contributed by atoms with Gasteiger partial charge in [0.2, 0.25) is 0 Å². The van der Waals surface area contributed by atoms with Crippen LogP contribution in [0.4, 0.5) is 39.5 Å². The number of alkyl halides is 9. The number of hydrogen-bond acceptors (Lipinski definition) is 5. The number of aliphatic hydroxyl groups is 1. The van der Waals surface area contributed by atoms with Gasteiger partial charge in [-0.15, -0.1) is 0 Å². The molecule has 0 aliphatic rings. The molecule has 0 amide bonds. The maximum absolute atomic E-state index is 14.0. The first kappa shape index (κ1) is 41.4. The van der Waals surface area contributed by atoms with Crippen LogP contribution in [0.15, 0.2) is 48.5 Å². The molecule has 0 heterocycles. The standard InChI is InChI=1S/C36H40F9NO5/c1-20(2)46(22(4)33(49)23-14-26(35(40,41)42)17-27(15-23)36(43,44)45)19-24-16-25(34(37,38)39)10-11-28(24)29-18-30(21(3)13-31(29)50-5)51-12-8-6-7-9-32(47)48/h10-11,13-18,20,22,33,49H,6-9,12,19H2,1-5H3,(H,47,48)/t22-,33-/m0/s1. The van der Waals surface area contributed by atoms with E-state index in [9.17, 15) is 49.4 Å². The molecule has 0 bridgehead atoms. The molecule has 15 heteroatoms. The van der Waals surface area contributed by atoms with Crippen molar-refractivity contribution in [2.75, 3.05) is 13.7 Å². The largest absolute Gasteiger partial charge is 0.496 e. The number of hydrogen-bond donors (Lipinski definition) is 2. The monoisotopic (exact) mass is 737 g/mol. The molecular formula is C36H40F9NO5. The number of carboxylic acids is 1. The van der Waals surface area contributed by atoms with Crippen LogP contribution in [-0.4, -0.2) is 46.9 Å². The Bertz CT molecular complexity index is 1620. The Morgan fingerprint density at radius 3 is 1.86 bits per heavy atom. The van der Waals surface area contributed by atoms with E-state index in [1.807, 2.05) is 0 Å². The Labute approximate surface area is 289 Å². The van der Waals surface area contributed by atoms with E-state index in [-0.39, 0.29) is 42.5 Å². The van der Waals surface area contributed by atoms with Crippen molar-refractivity contribution >= 4 is 5.97 Å². The topological polar surface area (TPSA) is 79.2 Å². The van der Waals surface area contributed by atoms with Crippen LogP contribution in [0, 0.1) is 6.92 Å². The van der Waals surface area contributed by atoms with Crippen molar-refractivity contribution in [3.8, 4) is 22.6 Å². The average molecular weight is 738 g/mol. The highest BCUT2D eigenvalue weighted by Gasteiger charge is 2.39. The minimum Gasteiger partial charge on any atom is -0.496 e. The first-order chi connectivity index (χ1) is 23.5. The zero-order chi connectivity index (χ0) is 38.5. The van der Waals surface area contributed by atoms with E-state index in [1.54, 1.807) is 32.9 Å². The Balaban J connectivity index is 2.08. The van der Waals surface area contributed by atoms with Crippen molar-refractivity contribution in [1.82, 2.24) is 4.90 Å². The molecule has 0 radical (unpaired) electrons. The number of carboxylic acid groups (broad SMARTS) is 1. The maximum atomic E-state index is 14.0. The maximum Gasteiger partial charge on any atom is 0.416 e. The number of carbonyl (C=O) groups is 1. The van der Waals surface area contributed by atoms with Gasteiger partial charge in [0.25, 0.3) is 0 Å². The van der Waals surface area contributed by atoms with Crippen LogP contribution < -0.4 is 9.47 Å². The van der Waals surface area contributed by atoms with Gasteiger partial charge in [-0.3, -0.25) is 9.69 Å². The SMILES string of the molecule is COc1cc(C)c(OCCCCCC(=O)O)cc1-c1ccc(C(F)(F)F)cc1CN(C(C)C)[C@@H](C)[C@H](O)c1cc(C(F)(F)F)cc(C(F)(F)F)c1. The molecule has 3 aromatic carbocycles. The third kappa shape index (κ3) is 11.0. The molecule has 0 saturated carbocycles. The second-order valence-electron chi connectivity index (χ2n) is 12.5. The molecule has 2 N–H and O–H groups in total. The summed E-state index contributed by atoms with van der Waals surface area (Å²) in [5.74, 6) is -0.232. The molecule has 3 rings (SSSR count). The van der Waals surface area contributed by atoms with E-state index in [0.29, 0.717) is 48.3 Å². The van der Waals surface area contributed by atoms with Gasteiger partial charge < -0.3 is 19.7 Å². The van der Waals surface area contributed by atoms with E-state index >= 15 is 0 Å². The van der Waals surface area contributed by atoms with Gasteiger partial charge >= 0.3 is 24.5 Å². The Morgan fingerprint density at radius 1 is 0.765 bits per heavy atom. The number of nitrogens with zero attached hydrogens (tertiary/aromatic N) is 1. The van der Waals surface area contributed by atoms with E-state index in [4.69, 9.17) is 14.6 Å². The van der Waals surface area contributed by atoms with Gasteiger partial charge in [-0.05, 0) is 112 Å². The average Bonchev–Trinajstić information content (AvgIpc) is 3.03. The van der Waals surface area contributed by atoms with Gasteiger partial charge in [0.15, 0.2) is 0 Å². The predicted octanol–water partition coefficient (Wildman–Crippen LogP) is 10.1. The summed E-state index contributed by atoms with van der Waals surface area (Å²) in [5.41, 5.74) is -3.54. The summed E-state index contributed by atoms with van der Waals surface area (Å²) in [4.78, 5) is 12.2. The molecule has 282 valence electrons. The predicted molar refractivity (Wildman–Crippen MR) is 171 cm³/mol. The molecule has 0 aromatic heterocycles. The lowest BCUT2D eigenvalue weighted by Gasteiger charge is -2.36. The number of aliphatic carboxylic acids is 1. The fourth-order valence-electron chi connectivity index (χ4n) is 5.70. The Morgan fingerprint density at radius 2 is 1.35 bits per heavy atom. The van der Waals surface area contributed by atoms with Crippen molar-refractivity contribution in [3.05, 3.63) is 81.9 Å². The number of rotatable bonds is 15. The lowest BCUT2D eigenvalue weighted by Crippen LogP contribution is -2.42. The van der Waals surface area contributed by atoms with E-state index in [1.165, 1.54) is 25.0 Å². The molecule has 3 aromatic rings. The highest BCUT2D eigenvalue weighted by Crippen LogP contribution is 2.42. The molecule has 0 spiro atoms. The van der Waals surface area contributed by atoms with Crippen molar-refractivity contribution in [3.63, 3.8) is 0 Å². The van der Waals surface area contributed by atoms with Crippen LogP contribution >= 0.6 is 0 Å². The highest BCUT2D eigenvalue weighted by molar-refractivity contribution is 5.76. The fourth-order valence-corrected chi connectivity index (χ4v) is 5.70. The van der Waals surface area contributed by atoms with Crippen LogP contribution in [0.2, 0.25) is 0 Å². The lowest BCUT2D eigenvalue weighted by atomic mass is 9.93. The van der Waals surface area contributed by atoms with Crippen LogP contribution in [0.25, 0.3) is 11.1 Å². The molecule has 51 heavy (non-hydrogen) atoms. The van der Waals surface area contributed by atoms with Gasteiger partial charge in [0, 0.05) is 30.6 Å². The summed E-state index contributed by atoms with van der Waals surface area (Å²) in [6, 6.07) is 5.29. The second kappa shape index (κ2) is 16.6. The van der Waals surface area contributed by atoms with Crippen molar-refractivity contribution in [1.29, 1.82) is 0 Å². The fraction of sp³-hybridized carbons (Fsp3) is 0.472. The minimum atomic E-state index is -5.15. The van der Waals surface area contributed by atoms with Gasteiger partial charge in [0.05, 0.1) is 36.5 Å². The number of halogens is 9. The quantitative estimate of drug-likeness (QED) is 0.119. The van der Waals surface area contributed by atoms with Crippen molar-refractivity contribution < 1.29 is 64.0 Å². The molecule has 0 aliphatic carbocycles. The first-order valence-electron chi connectivity index (χ1n) is 16.0. The third-order valence-corrected chi connectivity index (χ3v) is 8.46. The minimum absolute atomic E-state index is 0.0139.